The number of anilines is 1. The van der Waals surface area contributed by atoms with Gasteiger partial charge in [-0.05, 0) is 30.4 Å². The fraction of sp³-hybridized carbons (Fsp3) is 0.625. The first-order chi connectivity index (χ1) is 10.8. The van der Waals surface area contributed by atoms with Gasteiger partial charge < -0.3 is 4.90 Å². The second kappa shape index (κ2) is 6.86. The van der Waals surface area contributed by atoms with Crippen LogP contribution in [0.1, 0.15) is 33.1 Å². The minimum Gasteiger partial charge on any atom is -0.366 e. The van der Waals surface area contributed by atoms with Gasteiger partial charge in [0.2, 0.25) is 0 Å². The van der Waals surface area contributed by atoms with Crippen molar-refractivity contribution in [3.63, 3.8) is 0 Å². The third kappa shape index (κ3) is 3.83. The van der Waals surface area contributed by atoms with Gasteiger partial charge in [0, 0.05) is 25.4 Å². The average Bonchev–Trinajstić information content (AvgIpc) is 2.96. The van der Waals surface area contributed by atoms with Gasteiger partial charge in [0.25, 0.3) is 5.69 Å². The van der Waals surface area contributed by atoms with E-state index < -0.39 is 14.8 Å². The summed E-state index contributed by atoms with van der Waals surface area (Å²) >= 11 is 0. The van der Waals surface area contributed by atoms with E-state index in [1.807, 2.05) is 4.90 Å². The Morgan fingerprint density at radius 1 is 1.35 bits per heavy atom. The molecule has 0 saturated carbocycles. The fourth-order valence-electron chi connectivity index (χ4n) is 3.49. The zero-order valence-electron chi connectivity index (χ0n) is 13.9. The molecular weight excluding hydrogens is 316 g/mol. The SMILES string of the molecule is CCC(CC)C1CCN(c2ccc(S(C)(=O)=O)cc2[N+](=O)[O-])C1. The van der Waals surface area contributed by atoms with E-state index in [0.29, 0.717) is 17.5 Å². The summed E-state index contributed by atoms with van der Waals surface area (Å²) in [5.41, 5.74) is 0.397. The quantitative estimate of drug-likeness (QED) is 0.586. The summed E-state index contributed by atoms with van der Waals surface area (Å²) in [6.45, 7) is 5.94. The molecule has 1 aromatic rings. The van der Waals surface area contributed by atoms with Crippen LogP contribution in [-0.4, -0.2) is 32.7 Å². The third-order valence-corrected chi connectivity index (χ3v) is 5.96. The van der Waals surface area contributed by atoms with Crippen molar-refractivity contribution in [3.05, 3.63) is 28.3 Å². The van der Waals surface area contributed by atoms with E-state index in [0.717, 1.165) is 38.6 Å². The Hall–Kier alpha value is -1.63. The molecule has 0 amide bonds. The lowest BCUT2D eigenvalue weighted by atomic mass is 9.87. The van der Waals surface area contributed by atoms with Crippen molar-refractivity contribution in [2.24, 2.45) is 11.8 Å². The molecule has 1 atom stereocenters. The van der Waals surface area contributed by atoms with Gasteiger partial charge in [0.05, 0.1) is 9.82 Å². The summed E-state index contributed by atoms with van der Waals surface area (Å²) < 4.78 is 23.2. The lowest BCUT2D eigenvalue weighted by Gasteiger charge is -2.22. The van der Waals surface area contributed by atoms with Gasteiger partial charge in [-0.1, -0.05) is 26.7 Å². The molecule has 1 aliphatic rings. The molecular formula is C16H24N2O4S. The van der Waals surface area contributed by atoms with E-state index in [1.165, 1.54) is 12.1 Å². The number of rotatable bonds is 6. The fourth-order valence-corrected chi connectivity index (χ4v) is 4.13. The smallest absolute Gasteiger partial charge is 0.293 e. The first-order valence-electron chi connectivity index (χ1n) is 8.01. The van der Waals surface area contributed by atoms with E-state index >= 15 is 0 Å². The minimum atomic E-state index is -3.45. The van der Waals surface area contributed by atoms with Crippen molar-refractivity contribution in [1.29, 1.82) is 0 Å². The monoisotopic (exact) mass is 340 g/mol. The van der Waals surface area contributed by atoms with Crippen molar-refractivity contribution in [3.8, 4) is 0 Å². The van der Waals surface area contributed by atoms with Gasteiger partial charge >= 0.3 is 0 Å². The first-order valence-corrected chi connectivity index (χ1v) is 9.90. The Morgan fingerprint density at radius 2 is 2.00 bits per heavy atom. The summed E-state index contributed by atoms with van der Waals surface area (Å²) in [4.78, 5) is 12.9. The van der Waals surface area contributed by atoms with Gasteiger partial charge in [-0.15, -0.1) is 0 Å². The van der Waals surface area contributed by atoms with Crippen LogP contribution in [0.5, 0.6) is 0 Å². The van der Waals surface area contributed by atoms with Gasteiger partial charge in [0.1, 0.15) is 5.69 Å². The molecule has 6 nitrogen and oxygen atoms in total. The van der Waals surface area contributed by atoms with Gasteiger partial charge in [-0.25, -0.2) is 8.42 Å². The normalized spacial score (nSPS) is 18.6. The summed E-state index contributed by atoms with van der Waals surface area (Å²) in [5, 5.41) is 11.4. The Bertz CT molecular complexity index is 683. The van der Waals surface area contributed by atoms with Crippen LogP contribution >= 0.6 is 0 Å². The number of hydrogen-bond acceptors (Lipinski definition) is 5. The number of nitrogens with zero attached hydrogens (tertiary/aromatic N) is 2. The van der Waals surface area contributed by atoms with Crippen LogP contribution in [0.25, 0.3) is 0 Å². The maximum Gasteiger partial charge on any atom is 0.293 e. The number of benzene rings is 1. The van der Waals surface area contributed by atoms with Crippen molar-refractivity contribution in [1.82, 2.24) is 0 Å². The predicted octanol–water partition coefficient (Wildman–Crippen LogP) is 3.26. The van der Waals surface area contributed by atoms with E-state index in [4.69, 9.17) is 0 Å². The van der Waals surface area contributed by atoms with E-state index in [2.05, 4.69) is 13.8 Å². The lowest BCUT2D eigenvalue weighted by Crippen LogP contribution is -2.23. The van der Waals surface area contributed by atoms with Crippen molar-refractivity contribution < 1.29 is 13.3 Å². The van der Waals surface area contributed by atoms with Gasteiger partial charge in [0.15, 0.2) is 9.84 Å². The van der Waals surface area contributed by atoms with Crippen molar-refractivity contribution in [2.75, 3.05) is 24.2 Å². The highest BCUT2D eigenvalue weighted by Crippen LogP contribution is 2.37. The summed E-state index contributed by atoms with van der Waals surface area (Å²) in [7, 11) is -3.45. The summed E-state index contributed by atoms with van der Waals surface area (Å²) in [5.74, 6) is 1.17. The molecule has 1 unspecified atom stereocenters. The highest BCUT2D eigenvalue weighted by molar-refractivity contribution is 7.90. The highest BCUT2D eigenvalue weighted by atomic mass is 32.2. The van der Waals surface area contributed by atoms with Crippen LogP contribution in [0.4, 0.5) is 11.4 Å². The largest absolute Gasteiger partial charge is 0.366 e. The van der Waals surface area contributed by atoms with Crippen LogP contribution in [0.15, 0.2) is 23.1 Å². The van der Waals surface area contributed by atoms with Crippen LogP contribution in [0.2, 0.25) is 0 Å². The highest BCUT2D eigenvalue weighted by Gasteiger charge is 2.31. The zero-order valence-corrected chi connectivity index (χ0v) is 14.7. The molecule has 1 heterocycles. The molecule has 0 aromatic heterocycles. The molecule has 1 fully saturated rings. The maximum absolute atomic E-state index is 11.6. The first kappa shape index (κ1) is 17.7. The molecule has 0 N–H and O–H groups in total. The number of nitro benzene ring substituents is 1. The standard InChI is InChI=1S/C16H24N2O4S/c1-4-12(5-2)13-8-9-17(11-13)15-7-6-14(23(3,21)22)10-16(15)18(19)20/h6-7,10,12-13H,4-5,8-9,11H2,1-3H3. The Labute approximate surface area is 137 Å². The Kier molecular flexibility index (Phi) is 5.29. The molecule has 1 aliphatic heterocycles. The molecule has 23 heavy (non-hydrogen) atoms. The van der Waals surface area contributed by atoms with Gasteiger partial charge in [-0.2, -0.15) is 0 Å². The van der Waals surface area contributed by atoms with Crippen LogP contribution in [0, 0.1) is 22.0 Å². The third-order valence-electron chi connectivity index (χ3n) is 4.85. The summed E-state index contributed by atoms with van der Waals surface area (Å²) in [6, 6.07) is 4.21. The maximum atomic E-state index is 11.6. The summed E-state index contributed by atoms with van der Waals surface area (Å²) in [6.07, 6.45) is 4.32. The van der Waals surface area contributed by atoms with E-state index in [-0.39, 0.29) is 10.6 Å². The Morgan fingerprint density at radius 3 is 2.52 bits per heavy atom. The van der Waals surface area contributed by atoms with E-state index in [1.54, 1.807) is 6.07 Å². The minimum absolute atomic E-state index is 0.0105. The van der Waals surface area contributed by atoms with Gasteiger partial charge in [-0.3, -0.25) is 10.1 Å². The molecule has 0 radical (unpaired) electrons. The predicted molar refractivity (Wildman–Crippen MR) is 90.6 cm³/mol. The van der Waals surface area contributed by atoms with Crippen molar-refractivity contribution >= 4 is 21.2 Å². The number of sulfone groups is 1. The van der Waals surface area contributed by atoms with Crippen LogP contribution < -0.4 is 4.90 Å². The molecule has 1 aromatic carbocycles. The molecule has 7 heteroatoms. The van der Waals surface area contributed by atoms with Crippen LogP contribution in [-0.2, 0) is 9.84 Å². The topological polar surface area (TPSA) is 80.5 Å². The lowest BCUT2D eigenvalue weighted by molar-refractivity contribution is -0.384. The number of nitro groups is 1. The second-order valence-electron chi connectivity index (χ2n) is 6.25. The number of hydrogen-bond donors (Lipinski definition) is 0. The second-order valence-corrected chi connectivity index (χ2v) is 8.27. The molecule has 1 saturated heterocycles. The Balaban J connectivity index is 2.32. The van der Waals surface area contributed by atoms with Crippen LogP contribution in [0.3, 0.4) is 0 Å². The molecule has 0 spiro atoms. The molecule has 128 valence electrons. The van der Waals surface area contributed by atoms with E-state index in [9.17, 15) is 18.5 Å². The van der Waals surface area contributed by atoms with Crippen molar-refractivity contribution in [2.45, 2.75) is 38.0 Å². The zero-order chi connectivity index (χ0) is 17.2. The average molecular weight is 340 g/mol. The molecule has 0 aliphatic carbocycles. The molecule has 2 rings (SSSR count). The molecule has 0 bridgehead atoms.